The summed E-state index contributed by atoms with van der Waals surface area (Å²) in [5.41, 5.74) is 13.3. The first-order valence-corrected chi connectivity index (χ1v) is 19.7. The summed E-state index contributed by atoms with van der Waals surface area (Å²) in [6.07, 6.45) is 0. The van der Waals surface area contributed by atoms with E-state index in [0.29, 0.717) is 0 Å². The summed E-state index contributed by atoms with van der Waals surface area (Å²) in [6, 6.07) is 44.1. The van der Waals surface area contributed by atoms with Crippen LogP contribution in [0.25, 0.3) is 53.6 Å². The van der Waals surface area contributed by atoms with E-state index in [2.05, 4.69) is 146 Å². The third-order valence-electron chi connectivity index (χ3n) is 10.6. The zero-order valence-electron chi connectivity index (χ0n) is 29.6. The average Bonchev–Trinajstić information content (AvgIpc) is 3.90. The van der Waals surface area contributed by atoms with Gasteiger partial charge in [-0.3, -0.25) is 0 Å². The maximum absolute atomic E-state index is 9.60. The van der Waals surface area contributed by atoms with Gasteiger partial charge in [0.1, 0.15) is 24.7 Å². The first-order chi connectivity index (χ1) is 26.0. The quantitative estimate of drug-likeness (QED) is 0.147. The van der Waals surface area contributed by atoms with E-state index in [0.717, 1.165) is 33.8 Å². The molecule has 1 aliphatic carbocycles. The van der Waals surface area contributed by atoms with Crippen LogP contribution in [0.5, 0.6) is 11.5 Å². The van der Waals surface area contributed by atoms with Crippen LogP contribution in [0.2, 0.25) is 0 Å². The van der Waals surface area contributed by atoms with Crippen LogP contribution in [0, 0.1) is 13.8 Å². The topological polar surface area (TPSA) is 58.9 Å². The fourth-order valence-electron chi connectivity index (χ4n) is 8.45. The summed E-state index contributed by atoms with van der Waals surface area (Å²) in [7, 11) is 0. The number of aliphatic hydroxyl groups is 2. The maximum atomic E-state index is 9.60. The lowest BCUT2D eigenvalue weighted by molar-refractivity contribution is 0.200. The Hall–Kier alpha value is -5.24. The Morgan fingerprint density at radius 1 is 0.491 bits per heavy atom. The molecular weight excluding hydrogens is 693 g/mol. The SMILES string of the molecule is Cc1cc(C2(c3ccc(OCCO)c(C)c3)c3c(cccc3-c3csc4ccccc34)-c3cccc(-c4csc5ccccc45)c32)ccc1OCCO. The predicted molar refractivity (Wildman–Crippen MR) is 220 cm³/mol. The molecule has 0 amide bonds. The van der Waals surface area contributed by atoms with Gasteiger partial charge in [0.2, 0.25) is 0 Å². The second-order valence-corrected chi connectivity index (χ2v) is 15.4. The van der Waals surface area contributed by atoms with Gasteiger partial charge < -0.3 is 19.7 Å². The van der Waals surface area contributed by atoms with E-state index in [1.54, 1.807) is 22.7 Å². The van der Waals surface area contributed by atoms with Crippen molar-refractivity contribution in [1.29, 1.82) is 0 Å². The van der Waals surface area contributed by atoms with Gasteiger partial charge in [0.15, 0.2) is 0 Å². The van der Waals surface area contributed by atoms with Gasteiger partial charge in [0.25, 0.3) is 0 Å². The van der Waals surface area contributed by atoms with E-state index < -0.39 is 5.41 Å². The van der Waals surface area contributed by atoms with Crippen LogP contribution < -0.4 is 9.47 Å². The molecule has 2 aromatic heterocycles. The van der Waals surface area contributed by atoms with Crippen LogP contribution in [-0.4, -0.2) is 36.6 Å². The van der Waals surface area contributed by atoms with E-state index >= 15 is 0 Å². The van der Waals surface area contributed by atoms with Crippen LogP contribution in [0.1, 0.15) is 33.4 Å². The number of ether oxygens (including phenoxy) is 2. The largest absolute Gasteiger partial charge is 0.491 e. The highest BCUT2D eigenvalue weighted by Gasteiger charge is 2.50. The van der Waals surface area contributed by atoms with Crippen molar-refractivity contribution >= 4 is 42.8 Å². The molecule has 53 heavy (non-hydrogen) atoms. The number of aryl methyl sites for hydroxylation is 2. The van der Waals surface area contributed by atoms with Gasteiger partial charge in [-0.1, -0.05) is 97.1 Å². The van der Waals surface area contributed by atoms with Crippen LogP contribution in [0.4, 0.5) is 0 Å². The first kappa shape index (κ1) is 33.6. The van der Waals surface area contributed by atoms with Gasteiger partial charge >= 0.3 is 0 Å². The fraction of sp³-hybridized carbons (Fsp3) is 0.149. The van der Waals surface area contributed by atoms with Gasteiger partial charge in [0.05, 0.1) is 18.6 Å². The van der Waals surface area contributed by atoms with Crippen molar-refractivity contribution in [2.45, 2.75) is 19.3 Å². The molecule has 2 heterocycles. The van der Waals surface area contributed by atoms with Gasteiger partial charge in [0, 0.05) is 31.3 Å². The molecule has 0 saturated heterocycles. The summed E-state index contributed by atoms with van der Waals surface area (Å²) in [5.74, 6) is 1.52. The Kier molecular flexibility index (Phi) is 8.64. The smallest absolute Gasteiger partial charge is 0.122 e. The summed E-state index contributed by atoms with van der Waals surface area (Å²) in [5, 5.41) is 26.3. The van der Waals surface area contributed by atoms with Crippen LogP contribution in [0.3, 0.4) is 0 Å². The van der Waals surface area contributed by atoms with Gasteiger partial charge in [-0.05, 0) is 105 Å². The number of hydrogen-bond donors (Lipinski definition) is 2. The minimum atomic E-state index is -0.759. The molecule has 0 aliphatic heterocycles. The Balaban J connectivity index is 1.44. The van der Waals surface area contributed by atoms with E-state index in [9.17, 15) is 10.2 Å². The highest BCUT2D eigenvalue weighted by Crippen LogP contribution is 2.62. The van der Waals surface area contributed by atoms with Crippen molar-refractivity contribution in [3.63, 3.8) is 0 Å². The summed E-state index contributed by atoms with van der Waals surface area (Å²) in [4.78, 5) is 0. The molecule has 8 aromatic rings. The molecule has 0 atom stereocenters. The van der Waals surface area contributed by atoms with Crippen molar-refractivity contribution < 1.29 is 19.7 Å². The zero-order valence-corrected chi connectivity index (χ0v) is 31.2. The molecule has 6 aromatic carbocycles. The molecule has 0 fully saturated rings. The highest BCUT2D eigenvalue weighted by atomic mass is 32.1. The number of hydrogen-bond acceptors (Lipinski definition) is 6. The van der Waals surface area contributed by atoms with Crippen LogP contribution in [0.15, 0.2) is 132 Å². The minimum Gasteiger partial charge on any atom is -0.491 e. The zero-order chi connectivity index (χ0) is 36.1. The van der Waals surface area contributed by atoms with Crippen molar-refractivity contribution in [3.8, 4) is 44.9 Å². The summed E-state index contributed by atoms with van der Waals surface area (Å²) >= 11 is 3.57. The monoisotopic (exact) mass is 730 g/mol. The second kappa shape index (κ2) is 13.6. The van der Waals surface area contributed by atoms with Gasteiger partial charge in [-0.25, -0.2) is 0 Å². The molecule has 0 unspecified atom stereocenters. The Morgan fingerprint density at radius 2 is 0.906 bits per heavy atom. The third-order valence-corrected chi connectivity index (χ3v) is 12.6. The van der Waals surface area contributed by atoms with Crippen LogP contribution >= 0.6 is 22.7 Å². The number of rotatable bonds is 10. The lowest BCUT2D eigenvalue weighted by Gasteiger charge is -2.37. The van der Waals surface area contributed by atoms with Crippen molar-refractivity contribution in [3.05, 3.63) is 165 Å². The van der Waals surface area contributed by atoms with Gasteiger partial charge in [-0.15, -0.1) is 22.7 Å². The molecule has 262 valence electrons. The summed E-state index contributed by atoms with van der Waals surface area (Å²) in [6.45, 7) is 4.55. The molecule has 9 rings (SSSR count). The lowest BCUT2D eigenvalue weighted by Crippen LogP contribution is -2.30. The second-order valence-electron chi connectivity index (χ2n) is 13.6. The highest BCUT2D eigenvalue weighted by molar-refractivity contribution is 7.18. The van der Waals surface area contributed by atoms with E-state index in [1.165, 1.54) is 64.7 Å². The Bertz CT molecular complexity index is 2470. The average molecular weight is 731 g/mol. The molecule has 2 N–H and O–H groups in total. The van der Waals surface area contributed by atoms with Crippen molar-refractivity contribution in [1.82, 2.24) is 0 Å². The Labute approximate surface area is 317 Å². The molecule has 0 radical (unpaired) electrons. The number of thiophene rings is 2. The number of benzene rings is 6. The standard InChI is InChI=1S/C47H38O4S2/c1-29-25-31(17-19-41(29)50-23-21-48)47(32-18-20-42(30(2)26-32)51-24-22-49)45-35(11-7-13-37(45)39-27-52-43-15-5-3-9-33(39)43)36-12-8-14-38(46(36)47)40-28-53-44-16-6-4-10-34(40)44/h3-20,25-28,48-49H,21-24H2,1-2H3. The molecule has 1 aliphatic rings. The van der Waals surface area contributed by atoms with Crippen molar-refractivity contribution in [2.24, 2.45) is 0 Å². The van der Waals surface area contributed by atoms with E-state index in [-0.39, 0.29) is 26.4 Å². The third kappa shape index (κ3) is 5.32. The maximum Gasteiger partial charge on any atom is 0.122 e. The summed E-state index contributed by atoms with van der Waals surface area (Å²) < 4.78 is 14.6. The number of fused-ring (bicyclic) bond motifs is 5. The van der Waals surface area contributed by atoms with E-state index in [1.807, 2.05) is 0 Å². The van der Waals surface area contributed by atoms with Gasteiger partial charge in [-0.2, -0.15) is 0 Å². The minimum absolute atomic E-state index is 0.0498. The van der Waals surface area contributed by atoms with Crippen LogP contribution in [-0.2, 0) is 5.41 Å². The molecule has 4 nitrogen and oxygen atoms in total. The van der Waals surface area contributed by atoms with Crippen molar-refractivity contribution in [2.75, 3.05) is 26.4 Å². The molecular formula is C47H38O4S2. The molecule has 0 spiro atoms. The Morgan fingerprint density at radius 3 is 1.32 bits per heavy atom. The molecule has 0 bridgehead atoms. The number of aliphatic hydroxyl groups excluding tert-OH is 2. The lowest BCUT2D eigenvalue weighted by atomic mass is 9.64. The predicted octanol–water partition coefficient (Wildman–Crippen LogP) is 11.2. The molecule has 0 saturated carbocycles. The molecule has 6 heteroatoms. The fourth-order valence-corrected chi connectivity index (χ4v) is 10.4. The van der Waals surface area contributed by atoms with E-state index in [4.69, 9.17) is 9.47 Å². The normalized spacial score (nSPS) is 13.0. The first-order valence-electron chi connectivity index (χ1n) is 17.9.